The highest BCUT2D eigenvalue weighted by atomic mass is 79.9. The normalized spacial score (nSPS) is 11.0. The molecule has 0 N–H and O–H groups in total. The van der Waals surface area contributed by atoms with Crippen molar-refractivity contribution in [2.24, 2.45) is 0 Å². The Labute approximate surface area is 184 Å². The van der Waals surface area contributed by atoms with Gasteiger partial charge in [0.15, 0.2) is 0 Å². The summed E-state index contributed by atoms with van der Waals surface area (Å²) in [5.41, 5.74) is 4.80. The second kappa shape index (κ2) is 7.80. The van der Waals surface area contributed by atoms with Gasteiger partial charge >= 0.3 is 0 Å². The summed E-state index contributed by atoms with van der Waals surface area (Å²) in [6.07, 6.45) is 0. The molecule has 0 saturated heterocycles. The third-order valence-electron chi connectivity index (χ3n) is 4.14. The molecular formula is C21H12Br2Cl2N2. The van der Waals surface area contributed by atoms with E-state index < -0.39 is 0 Å². The lowest BCUT2D eigenvalue weighted by Crippen LogP contribution is -1.99. The van der Waals surface area contributed by atoms with Crippen LogP contribution in [0, 0.1) is 0 Å². The highest BCUT2D eigenvalue weighted by molar-refractivity contribution is 9.10. The Bertz CT molecular complexity index is 1100. The van der Waals surface area contributed by atoms with Gasteiger partial charge in [0, 0.05) is 20.1 Å². The van der Waals surface area contributed by atoms with Gasteiger partial charge in [0.1, 0.15) is 0 Å². The van der Waals surface area contributed by atoms with Gasteiger partial charge in [-0.3, -0.25) is 0 Å². The molecular weight excluding hydrogens is 511 g/mol. The van der Waals surface area contributed by atoms with Crippen LogP contribution in [-0.4, -0.2) is 9.78 Å². The minimum Gasteiger partial charge on any atom is -0.232 e. The first kappa shape index (κ1) is 18.8. The molecule has 134 valence electrons. The average Bonchev–Trinajstić information content (AvgIpc) is 3.10. The van der Waals surface area contributed by atoms with Gasteiger partial charge in [-0.1, -0.05) is 79.3 Å². The molecule has 1 aromatic heterocycles. The number of aromatic nitrogens is 2. The van der Waals surface area contributed by atoms with Crippen LogP contribution in [0.15, 0.2) is 81.7 Å². The predicted molar refractivity (Wildman–Crippen MR) is 120 cm³/mol. The topological polar surface area (TPSA) is 17.8 Å². The first-order valence-electron chi connectivity index (χ1n) is 8.08. The monoisotopic (exact) mass is 520 g/mol. The maximum absolute atomic E-state index is 6.24. The summed E-state index contributed by atoms with van der Waals surface area (Å²) in [5.74, 6) is 0. The standard InChI is InChI=1S/C21H12Br2Cl2N2/c22-15-5-1-13(2-6-15)20-12-21(14-3-7-16(23)8-4-14)27(26-20)17-9-10-18(24)19(25)11-17/h1-12H. The number of nitrogens with zero attached hydrogens (tertiary/aromatic N) is 2. The van der Waals surface area contributed by atoms with Crippen molar-refractivity contribution >= 4 is 55.1 Å². The van der Waals surface area contributed by atoms with E-state index in [-0.39, 0.29) is 0 Å². The first-order chi connectivity index (χ1) is 13.0. The fraction of sp³-hybridized carbons (Fsp3) is 0. The van der Waals surface area contributed by atoms with Gasteiger partial charge in [-0.2, -0.15) is 5.10 Å². The van der Waals surface area contributed by atoms with Crippen molar-refractivity contribution in [2.45, 2.75) is 0 Å². The number of halogens is 4. The summed E-state index contributed by atoms with van der Waals surface area (Å²) >= 11 is 19.3. The summed E-state index contributed by atoms with van der Waals surface area (Å²) in [4.78, 5) is 0. The van der Waals surface area contributed by atoms with E-state index in [1.54, 1.807) is 6.07 Å². The second-order valence-electron chi connectivity index (χ2n) is 5.94. The van der Waals surface area contributed by atoms with Crippen molar-refractivity contribution < 1.29 is 0 Å². The van der Waals surface area contributed by atoms with E-state index in [1.165, 1.54) is 0 Å². The smallest absolute Gasteiger partial charge is 0.0934 e. The molecule has 0 aliphatic carbocycles. The summed E-state index contributed by atoms with van der Waals surface area (Å²) in [6, 6.07) is 23.8. The molecule has 0 spiro atoms. The Morgan fingerprint density at radius 1 is 0.667 bits per heavy atom. The van der Waals surface area contributed by atoms with Gasteiger partial charge in [-0.25, -0.2) is 4.68 Å². The summed E-state index contributed by atoms with van der Waals surface area (Å²) in [6.45, 7) is 0. The molecule has 0 aliphatic heterocycles. The van der Waals surface area contributed by atoms with Crippen LogP contribution >= 0.6 is 55.1 Å². The maximum Gasteiger partial charge on any atom is 0.0934 e. The Morgan fingerprint density at radius 3 is 1.85 bits per heavy atom. The largest absolute Gasteiger partial charge is 0.232 e. The lowest BCUT2D eigenvalue weighted by molar-refractivity contribution is 0.892. The molecule has 27 heavy (non-hydrogen) atoms. The van der Waals surface area contributed by atoms with Crippen LogP contribution in [0.4, 0.5) is 0 Å². The van der Waals surface area contributed by atoms with E-state index in [0.717, 1.165) is 37.1 Å². The average molecular weight is 523 g/mol. The zero-order chi connectivity index (χ0) is 19.0. The Balaban J connectivity index is 1.90. The minimum atomic E-state index is 0.497. The van der Waals surface area contributed by atoms with E-state index in [1.807, 2.05) is 53.2 Å². The summed E-state index contributed by atoms with van der Waals surface area (Å²) < 4.78 is 3.95. The number of rotatable bonds is 3. The fourth-order valence-corrected chi connectivity index (χ4v) is 3.60. The lowest BCUT2D eigenvalue weighted by atomic mass is 10.1. The number of hydrogen-bond donors (Lipinski definition) is 0. The van der Waals surface area contributed by atoms with Crippen LogP contribution < -0.4 is 0 Å². The highest BCUT2D eigenvalue weighted by Gasteiger charge is 2.14. The van der Waals surface area contributed by atoms with Gasteiger partial charge in [0.2, 0.25) is 0 Å². The second-order valence-corrected chi connectivity index (χ2v) is 8.58. The summed E-state index contributed by atoms with van der Waals surface area (Å²) in [5, 5.41) is 5.85. The van der Waals surface area contributed by atoms with Crippen LogP contribution in [-0.2, 0) is 0 Å². The van der Waals surface area contributed by atoms with Gasteiger partial charge in [0.05, 0.1) is 27.1 Å². The maximum atomic E-state index is 6.24. The quantitative estimate of drug-likeness (QED) is 0.266. The molecule has 0 atom stereocenters. The van der Waals surface area contributed by atoms with Crippen LogP contribution in [0.1, 0.15) is 0 Å². The summed E-state index contributed by atoms with van der Waals surface area (Å²) in [7, 11) is 0. The molecule has 0 amide bonds. The fourth-order valence-electron chi connectivity index (χ4n) is 2.78. The van der Waals surface area contributed by atoms with Crippen molar-refractivity contribution in [3.63, 3.8) is 0 Å². The van der Waals surface area contributed by atoms with Gasteiger partial charge in [-0.15, -0.1) is 0 Å². The molecule has 2 nitrogen and oxygen atoms in total. The minimum absolute atomic E-state index is 0.497. The van der Waals surface area contributed by atoms with E-state index in [2.05, 4.69) is 50.1 Å². The Hall–Kier alpha value is -1.59. The third-order valence-corrected chi connectivity index (χ3v) is 5.93. The van der Waals surface area contributed by atoms with Crippen molar-refractivity contribution in [1.82, 2.24) is 9.78 Å². The highest BCUT2D eigenvalue weighted by Crippen LogP contribution is 2.32. The van der Waals surface area contributed by atoms with Crippen molar-refractivity contribution in [3.05, 3.63) is 91.8 Å². The molecule has 1 heterocycles. The molecule has 4 rings (SSSR count). The van der Waals surface area contributed by atoms with E-state index in [4.69, 9.17) is 28.3 Å². The first-order valence-corrected chi connectivity index (χ1v) is 10.4. The molecule has 0 bridgehead atoms. The Kier molecular flexibility index (Phi) is 5.42. The lowest BCUT2D eigenvalue weighted by Gasteiger charge is -2.09. The van der Waals surface area contributed by atoms with Crippen molar-refractivity contribution in [2.75, 3.05) is 0 Å². The molecule has 0 radical (unpaired) electrons. The Morgan fingerprint density at radius 2 is 1.26 bits per heavy atom. The molecule has 6 heteroatoms. The zero-order valence-corrected chi connectivity index (χ0v) is 18.5. The predicted octanol–water partition coefficient (Wildman–Crippen LogP) is 8.04. The van der Waals surface area contributed by atoms with Gasteiger partial charge in [-0.05, 0) is 48.5 Å². The van der Waals surface area contributed by atoms with E-state index in [0.29, 0.717) is 10.0 Å². The zero-order valence-electron chi connectivity index (χ0n) is 13.8. The van der Waals surface area contributed by atoms with Crippen LogP contribution in [0.5, 0.6) is 0 Å². The molecule has 4 aromatic rings. The van der Waals surface area contributed by atoms with Crippen LogP contribution in [0.25, 0.3) is 28.2 Å². The van der Waals surface area contributed by atoms with Crippen molar-refractivity contribution in [1.29, 1.82) is 0 Å². The SMILES string of the molecule is Clc1ccc(-n2nc(-c3ccc(Br)cc3)cc2-c2ccc(Br)cc2)cc1Cl. The molecule has 0 aliphatic rings. The molecule has 3 aromatic carbocycles. The number of benzene rings is 3. The third kappa shape index (κ3) is 3.99. The van der Waals surface area contributed by atoms with Crippen LogP contribution in [0.3, 0.4) is 0 Å². The van der Waals surface area contributed by atoms with Gasteiger partial charge < -0.3 is 0 Å². The van der Waals surface area contributed by atoms with Crippen LogP contribution in [0.2, 0.25) is 10.0 Å². The molecule has 0 unspecified atom stereocenters. The van der Waals surface area contributed by atoms with Crippen molar-refractivity contribution in [3.8, 4) is 28.2 Å². The van der Waals surface area contributed by atoms with E-state index in [9.17, 15) is 0 Å². The molecule has 0 fully saturated rings. The van der Waals surface area contributed by atoms with Gasteiger partial charge in [0.25, 0.3) is 0 Å². The van der Waals surface area contributed by atoms with E-state index >= 15 is 0 Å². The molecule has 0 saturated carbocycles. The number of hydrogen-bond acceptors (Lipinski definition) is 1.